The maximum atomic E-state index is 13.4. The lowest BCUT2D eigenvalue weighted by molar-refractivity contribution is -0.137. The minimum absolute atomic E-state index is 0.00187. The van der Waals surface area contributed by atoms with E-state index in [-0.39, 0.29) is 30.4 Å². The molecule has 0 aliphatic carbocycles. The van der Waals surface area contributed by atoms with Crippen LogP contribution in [0, 0.1) is 13.8 Å². The van der Waals surface area contributed by atoms with Gasteiger partial charge in [-0.2, -0.15) is 5.10 Å². The molecule has 2 aliphatic heterocycles. The number of rotatable bonds is 5. The van der Waals surface area contributed by atoms with Gasteiger partial charge in [-0.25, -0.2) is 0 Å². The number of carbonyl (C=O) groups excluding carboxylic acids is 3. The van der Waals surface area contributed by atoms with E-state index in [1.165, 1.54) is 4.90 Å². The van der Waals surface area contributed by atoms with Gasteiger partial charge in [-0.05, 0) is 62.6 Å². The number of fused-ring (bicyclic) bond motifs is 5. The number of nitrogens with one attached hydrogen (secondary N) is 2. The van der Waals surface area contributed by atoms with E-state index in [0.717, 1.165) is 22.5 Å². The summed E-state index contributed by atoms with van der Waals surface area (Å²) in [5, 5.41) is 10.3. The van der Waals surface area contributed by atoms with Gasteiger partial charge in [0.2, 0.25) is 11.8 Å². The largest absolute Gasteiger partial charge is 0.494 e. The molecule has 3 aromatic rings. The van der Waals surface area contributed by atoms with Crippen LogP contribution in [0.25, 0.3) is 0 Å². The number of amides is 3. The van der Waals surface area contributed by atoms with Gasteiger partial charge in [0.05, 0.1) is 37.6 Å². The Bertz CT molecular complexity index is 1490. The molecule has 0 radical (unpaired) electrons. The van der Waals surface area contributed by atoms with Crippen LogP contribution in [0.2, 0.25) is 0 Å². The number of aromatic nitrogens is 2. The Morgan fingerprint density at radius 1 is 1.14 bits per heavy atom. The molecule has 3 heterocycles. The Hall–Kier alpha value is -4.38. The van der Waals surface area contributed by atoms with Crippen molar-refractivity contribution in [1.29, 1.82) is 0 Å². The highest BCUT2D eigenvalue weighted by atomic mass is 16.5. The van der Waals surface area contributed by atoms with Crippen molar-refractivity contribution >= 4 is 17.7 Å². The molecule has 1 fully saturated rings. The summed E-state index contributed by atoms with van der Waals surface area (Å²) in [5.41, 5.74) is 4.20. The van der Waals surface area contributed by atoms with Crippen LogP contribution in [-0.2, 0) is 27.4 Å². The molecule has 11 nitrogen and oxygen atoms in total. The minimum atomic E-state index is -0.441. The second-order valence-corrected chi connectivity index (χ2v) is 11.1. The topological polar surface area (TPSA) is 126 Å². The first-order valence-electron chi connectivity index (χ1n) is 14.7. The number of piperidine rings is 1. The summed E-state index contributed by atoms with van der Waals surface area (Å²) < 4.78 is 18.1. The number of hydrogen-bond acceptors (Lipinski definition) is 7. The molecule has 228 valence electrons. The van der Waals surface area contributed by atoms with Crippen molar-refractivity contribution < 1.29 is 28.6 Å². The molecule has 1 saturated heterocycles. The summed E-state index contributed by atoms with van der Waals surface area (Å²) in [7, 11) is 1.58. The van der Waals surface area contributed by atoms with Gasteiger partial charge in [-0.3, -0.25) is 19.5 Å². The standard InChI is InChI=1S/C32H39N5O6/c1-5-41-25-14-23-15-26(16-25)43-24-8-6-7-22(13-24)19-42-29-11-12-37(17-28(29)33-30(38)18-36(4)32(23)40)31(39)10-9-27-20(2)21(3)34-35-27/h6-8,13-16,28-29H,5,9-12,17-19H2,1-4H3,(H,33,38)(H,34,35)/t28-,29+/m0/s1. The average Bonchev–Trinajstić information content (AvgIpc) is 3.31. The Kier molecular flexibility index (Phi) is 9.30. The fraction of sp³-hybridized carbons (Fsp3) is 0.438. The molecule has 3 amide bonds. The zero-order chi connectivity index (χ0) is 30.5. The predicted octanol–water partition coefficient (Wildman–Crippen LogP) is 3.54. The lowest BCUT2D eigenvalue weighted by Gasteiger charge is -2.39. The van der Waals surface area contributed by atoms with Crippen molar-refractivity contribution in [2.24, 2.45) is 0 Å². The van der Waals surface area contributed by atoms with Crippen LogP contribution in [0.5, 0.6) is 17.2 Å². The number of aryl methyl sites for hydroxylation is 2. The van der Waals surface area contributed by atoms with Crippen molar-refractivity contribution in [1.82, 2.24) is 25.3 Å². The van der Waals surface area contributed by atoms with E-state index in [2.05, 4.69) is 15.5 Å². The molecule has 2 atom stereocenters. The lowest BCUT2D eigenvalue weighted by Crippen LogP contribution is -2.58. The highest BCUT2D eigenvalue weighted by molar-refractivity contribution is 5.97. The van der Waals surface area contributed by atoms with E-state index < -0.39 is 6.04 Å². The summed E-state index contributed by atoms with van der Waals surface area (Å²) >= 11 is 0. The Morgan fingerprint density at radius 2 is 1.98 bits per heavy atom. The van der Waals surface area contributed by atoms with Gasteiger partial charge in [0.25, 0.3) is 5.91 Å². The first kappa shape index (κ1) is 30.1. The van der Waals surface area contributed by atoms with Gasteiger partial charge in [0.15, 0.2) is 0 Å². The molecule has 4 bridgehead atoms. The highest BCUT2D eigenvalue weighted by Crippen LogP contribution is 2.29. The van der Waals surface area contributed by atoms with E-state index in [1.54, 1.807) is 30.1 Å². The molecule has 2 aromatic carbocycles. The molecular formula is C32H39N5O6. The molecule has 0 unspecified atom stereocenters. The molecule has 2 N–H and O–H groups in total. The number of likely N-dealkylation sites (N-methyl/N-ethyl adjacent to an activating group) is 1. The first-order valence-corrected chi connectivity index (χ1v) is 14.7. The van der Waals surface area contributed by atoms with Crippen molar-refractivity contribution in [2.75, 3.05) is 33.3 Å². The number of ether oxygens (including phenoxy) is 3. The summed E-state index contributed by atoms with van der Waals surface area (Å²) in [4.78, 5) is 42.9. The van der Waals surface area contributed by atoms with Gasteiger partial charge in [0.1, 0.15) is 17.2 Å². The summed E-state index contributed by atoms with van der Waals surface area (Å²) in [6, 6.07) is 12.1. The zero-order valence-electron chi connectivity index (χ0n) is 25.1. The Labute approximate surface area is 251 Å². The van der Waals surface area contributed by atoms with Gasteiger partial charge in [-0.15, -0.1) is 0 Å². The van der Waals surface area contributed by atoms with Crippen LogP contribution in [0.15, 0.2) is 42.5 Å². The fourth-order valence-electron chi connectivity index (χ4n) is 5.46. The molecule has 0 saturated carbocycles. The smallest absolute Gasteiger partial charge is 0.254 e. The predicted molar refractivity (Wildman–Crippen MR) is 159 cm³/mol. The Balaban J connectivity index is 1.35. The third-order valence-corrected chi connectivity index (χ3v) is 7.94. The van der Waals surface area contributed by atoms with Crippen LogP contribution < -0.4 is 14.8 Å². The molecule has 43 heavy (non-hydrogen) atoms. The third kappa shape index (κ3) is 7.34. The Morgan fingerprint density at radius 3 is 2.74 bits per heavy atom. The highest BCUT2D eigenvalue weighted by Gasteiger charge is 2.34. The van der Waals surface area contributed by atoms with Crippen LogP contribution in [0.1, 0.15) is 52.6 Å². The van der Waals surface area contributed by atoms with Crippen LogP contribution in [-0.4, -0.2) is 83.2 Å². The number of aromatic amines is 1. The minimum Gasteiger partial charge on any atom is -0.494 e. The van der Waals surface area contributed by atoms with Crippen molar-refractivity contribution in [3.8, 4) is 17.2 Å². The molecule has 11 heteroatoms. The molecule has 2 aliphatic rings. The summed E-state index contributed by atoms with van der Waals surface area (Å²) in [6.45, 7) is 7.22. The number of likely N-dealkylation sites (tertiary alicyclic amines) is 1. The van der Waals surface area contributed by atoms with Gasteiger partial charge in [-0.1, -0.05) is 12.1 Å². The molecule has 5 rings (SSSR count). The summed E-state index contributed by atoms with van der Waals surface area (Å²) in [6.07, 6.45) is 1.11. The molecular weight excluding hydrogens is 550 g/mol. The average molecular weight is 590 g/mol. The molecule has 1 aromatic heterocycles. The van der Waals surface area contributed by atoms with Crippen LogP contribution in [0.3, 0.4) is 0 Å². The number of nitrogens with zero attached hydrogens (tertiary/aromatic N) is 3. The van der Waals surface area contributed by atoms with E-state index in [4.69, 9.17) is 14.2 Å². The van der Waals surface area contributed by atoms with Gasteiger partial charge < -0.3 is 29.3 Å². The number of benzene rings is 2. The van der Waals surface area contributed by atoms with Crippen LogP contribution >= 0.6 is 0 Å². The number of carbonyl (C=O) groups is 3. The van der Waals surface area contributed by atoms with E-state index >= 15 is 0 Å². The second kappa shape index (κ2) is 13.3. The summed E-state index contributed by atoms with van der Waals surface area (Å²) in [5.74, 6) is 0.863. The second-order valence-electron chi connectivity index (χ2n) is 11.1. The lowest BCUT2D eigenvalue weighted by atomic mass is 10.0. The van der Waals surface area contributed by atoms with Gasteiger partial charge >= 0.3 is 0 Å². The quantitative estimate of drug-likeness (QED) is 0.466. The first-order chi connectivity index (χ1) is 20.7. The van der Waals surface area contributed by atoms with E-state index in [1.807, 2.05) is 45.0 Å². The van der Waals surface area contributed by atoms with Gasteiger partial charge in [0, 0.05) is 50.3 Å². The maximum absolute atomic E-state index is 13.4. The van der Waals surface area contributed by atoms with E-state index in [9.17, 15) is 14.4 Å². The maximum Gasteiger partial charge on any atom is 0.254 e. The van der Waals surface area contributed by atoms with Crippen molar-refractivity contribution in [3.05, 3.63) is 70.5 Å². The van der Waals surface area contributed by atoms with Crippen molar-refractivity contribution in [2.45, 2.75) is 58.8 Å². The normalized spacial score (nSPS) is 19.3. The SMILES string of the molecule is CCOc1cc2cc(c1)C(=O)N(C)CC(=O)N[C@H]1CN(C(=O)CCc3n[nH]c(C)c3C)CC[C@H]1OCc1cccc(c1)O2. The third-order valence-electron chi connectivity index (χ3n) is 7.94. The monoisotopic (exact) mass is 589 g/mol. The molecule has 0 spiro atoms. The number of hydrogen-bond donors (Lipinski definition) is 2. The van der Waals surface area contributed by atoms with E-state index in [0.29, 0.717) is 68.4 Å². The van der Waals surface area contributed by atoms with Crippen LogP contribution in [0.4, 0.5) is 0 Å². The van der Waals surface area contributed by atoms with Crippen molar-refractivity contribution in [3.63, 3.8) is 0 Å². The zero-order valence-corrected chi connectivity index (χ0v) is 25.1. The fourth-order valence-corrected chi connectivity index (χ4v) is 5.46. The number of H-pyrrole nitrogens is 1.